The largest absolute Gasteiger partial charge is 0.157 e. The summed E-state index contributed by atoms with van der Waals surface area (Å²) >= 11 is 0. The number of rotatable bonds is 6. The minimum atomic E-state index is -1.47. The highest BCUT2D eigenvalue weighted by molar-refractivity contribution is 6.98. The van der Waals surface area contributed by atoms with Gasteiger partial charge in [0.25, 0.3) is 0 Å². The zero-order chi connectivity index (χ0) is 27.5. The van der Waals surface area contributed by atoms with E-state index >= 15 is 0 Å². The summed E-state index contributed by atoms with van der Waals surface area (Å²) in [5.41, 5.74) is 11.6. The normalized spacial score (nSPS) is 11.1. The van der Waals surface area contributed by atoms with Crippen LogP contribution in [0.3, 0.4) is 0 Å². The first-order valence-electron chi connectivity index (χ1n) is 13.9. The lowest BCUT2D eigenvalue weighted by atomic mass is 10.0. The molecule has 6 aromatic rings. The van der Waals surface area contributed by atoms with Gasteiger partial charge >= 0.3 is 0 Å². The van der Waals surface area contributed by atoms with Crippen LogP contribution in [0, 0.1) is 20.8 Å². The second-order valence-electron chi connectivity index (χ2n) is 10.6. The van der Waals surface area contributed by atoms with E-state index in [9.17, 15) is 0 Å². The summed E-state index contributed by atoms with van der Waals surface area (Å²) in [4.78, 5) is 0. The molecule has 0 aromatic heterocycles. The van der Waals surface area contributed by atoms with Crippen molar-refractivity contribution in [1.29, 1.82) is 0 Å². The van der Waals surface area contributed by atoms with Crippen molar-refractivity contribution in [3.63, 3.8) is 0 Å². The predicted octanol–water partition coefficient (Wildman–Crippen LogP) is 8.13. The molecule has 0 bridgehead atoms. The average molecular weight is 530 g/mol. The minimum Gasteiger partial charge on any atom is -0.0622 e. The summed E-state index contributed by atoms with van der Waals surface area (Å²) in [5, 5.41) is 4.30. The predicted molar refractivity (Wildman–Crippen MR) is 175 cm³/mol. The smallest absolute Gasteiger partial charge is 0.0622 e. The third-order valence-corrected chi connectivity index (χ3v) is 10.4. The van der Waals surface area contributed by atoms with E-state index in [0.717, 1.165) is 0 Å². The molecule has 0 aliphatic heterocycles. The molecule has 0 aliphatic carbocycles. The van der Waals surface area contributed by atoms with Crippen molar-refractivity contribution >= 4 is 24.4 Å². The monoisotopic (exact) mass is 529 g/mol. The van der Waals surface area contributed by atoms with Gasteiger partial charge in [-0.1, -0.05) is 162 Å². The molecule has 6 aromatic carbocycles. The molecule has 193 valence electrons. The molecule has 1 heteroatoms. The highest BCUT2D eigenvalue weighted by Crippen LogP contribution is 2.25. The van der Waals surface area contributed by atoms with E-state index in [1.807, 2.05) is 0 Å². The maximum Gasteiger partial charge on any atom is 0.157 e. The second-order valence-corrected chi connectivity index (χ2v) is 13.0. The standard InChI is InChI=1S/C39H33Si/c1-28-19-22-34(31-13-7-4-8-14-31)37(25-28)40(38-26-29(2)20-23-35(38)32-15-9-5-10-16-32)39-27-30(3)21-24-36(39)33-17-11-6-12-18-33/h4-27H,1-3H3. The molecule has 0 nitrogen and oxygen atoms in total. The quantitative estimate of drug-likeness (QED) is 0.151. The molecule has 1 radical (unpaired) electrons. The summed E-state index contributed by atoms with van der Waals surface area (Å²) < 4.78 is 0. The van der Waals surface area contributed by atoms with Gasteiger partial charge in [-0.25, -0.2) is 0 Å². The molecule has 0 unspecified atom stereocenters. The lowest BCUT2D eigenvalue weighted by molar-refractivity contribution is 1.47. The Kier molecular flexibility index (Phi) is 7.31. The van der Waals surface area contributed by atoms with Crippen LogP contribution in [-0.4, -0.2) is 8.80 Å². The Balaban J connectivity index is 1.73. The molecule has 40 heavy (non-hydrogen) atoms. The van der Waals surface area contributed by atoms with Gasteiger partial charge < -0.3 is 0 Å². The van der Waals surface area contributed by atoms with E-state index in [4.69, 9.17) is 0 Å². The summed E-state index contributed by atoms with van der Waals surface area (Å²) in [7, 11) is -1.47. The molecule has 0 spiro atoms. The zero-order valence-electron chi connectivity index (χ0n) is 23.4. The van der Waals surface area contributed by atoms with E-state index in [0.29, 0.717) is 0 Å². The maximum absolute atomic E-state index is 2.45. The highest BCUT2D eigenvalue weighted by atomic mass is 28.3. The van der Waals surface area contributed by atoms with Crippen LogP contribution in [0.15, 0.2) is 146 Å². The summed E-state index contributed by atoms with van der Waals surface area (Å²) in [6, 6.07) is 53.8. The minimum absolute atomic E-state index is 1.27. The Bertz CT molecular complexity index is 1540. The van der Waals surface area contributed by atoms with Crippen LogP contribution >= 0.6 is 0 Å². The Hall–Kier alpha value is -4.46. The molecule has 0 amide bonds. The van der Waals surface area contributed by atoms with Gasteiger partial charge in [-0.3, -0.25) is 0 Å². The Morgan fingerprint density at radius 3 is 0.875 bits per heavy atom. The number of hydrogen-bond donors (Lipinski definition) is 0. The van der Waals surface area contributed by atoms with E-state index < -0.39 is 8.80 Å². The Morgan fingerprint density at radius 2 is 0.600 bits per heavy atom. The molecular weight excluding hydrogens is 497 g/mol. The zero-order valence-corrected chi connectivity index (χ0v) is 24.4. The van der Waals surface area contributed by atoms with Gasteiger partial charge in [0.1, 0.15) is 0 Å². The fraction of sp³-hybridized carbons (Fsp3) is 0.0769. The van der Waals surface area contributed by atoms with E-state index in [-0.39, 0.29) is 0 Å². The summed E-state index contributed by atoms with van der Waals surface area (Å²) in [6.07, 6.45) is 0. The summed E-state index contributed by atoms with van der Waals surface area (Å²) in [6.45, 7) is 6.67. The van der Waals surface area contributed by atoms with Crippen molar-refractivity contribution in [3.8, 4) is 33.4 Å². The van der Waals surface area contributed by atoms with Gasteiger partial charge in [-0.2, -0.15) is 0 Å². The van der Waals surface area contributed by atoms with E-state index in [1.165, 1.54) is 65.6 Å². The van der Waals surface area contributed by atoms with Crippen LogP contribution in [0.1, 0.15) is 16.7 Å². The van der Waals surface area contributed by atoms with Crippen LogP contribution in [0.5, 0.6) is 0 Å². The van der Waals surface area contributed by atoms with E-state index in [1.54, 1.807) is 0 Å². The van der Waals surface area contributed by atoms with Crippen LogP contribution in [-0.2, 0) is 0 Å². The van der Waals surface area contributed by atoms with Crippen molar-refractivity contribution in [1.82, 2.24) is 0 Å². The fourth-order valence-electron chi connectivity index (χ4n) is 5.64. The number of hydrogen-bond acceptors (Lipinski definition) is 0. The molecule has 0 heterocycles. The first-order valence-corrected chi connectivity index (χ1v) is 15.4. The van der Waals surface area contributed by atoms with Gasteiger partial charge in [0.05, 0.1) is 0 Å². The van der Waals surface area contributed by atoms with Gasteiger partial charge in [0.15, 0.2) is 8.80 Å². The van der Waals surface area contributed by atoms with Crippen LogP contribution in [0.4, 0.5) is 0 Å². The maximum atomic E-state index is 2.45. The van der Waals surface area contributed by atoms with Crippen molar-refractivity contribution in [2.75, 3.05) is 0 Å². The lowest BCUT2D eigenvalue weighted by Crippen LogP contribution is -2.54. The molecule has 0 saturated carbocycles. The SMILES string of the molecule is Cc1ccc(-c2ccccc2)c([Si](c2cc(C)ccc2-c2ccccc2)c2cc(C)ccc2-c2ccccc2)c1. The molecule has 0 atom stereocenters. The Morgan fingerprint density at radius 1 is 0.325 bits per heavy atom. The lowest BCUT2D eigenvalue weighted by Gasteiger charge is -2.26. The van der Waals surface area contributed by atoms with Crippen molar-refractivity contribution in [2.45, 2.75) is 20.8 Å². The first-order chi connectivity index (χ1) is 19.6. The van der Waals surface area contributed by atoms with Gasteiger partial charge in [0.2, 0.25) is 0 Å². The van der Waals surface area contributed by atoms with Gasteiger partial charge in [-0.05, 0) is 69.7 Å². The van der Waals surface area contributed by atoms with Gasteiger partial charge in [-0.15, -0.1) is 0 Å². The molecule has 0 saturated heterocycles. The fourth-order valence-corrected chi connectivity index (χ4v) is 9.12. The summed E-state index contributed by atoms with van der Waals surface area (Å²) in [5.74, 6) is 0. The van der Waals surface area contributed by atoms with Crippen molar-refractivity contribution in [2.24, 2.45) is 0 Å². The van der Waals surface area contributed by atoms with Gasteiger partial charge in [0, 0.05) is 0 Å². The highest BCUT2D eigenvalue weighted by Gasteiger charge is 2.29. The van der Waals surface area contributed by atoms with Crippen molar-refractivity contribution < 1.29 is 0 Å². The first kappa shape index (κ1) is 25.8. The third-order valence-electron chi connectivity index (χ3n) is 7.59. The van der Waals surface area contributed by atoms with E-state index in [2.05, 4.69) is 166 Å². The second kappa shape index (κ2) is 11.3. The molecule has 0 fully saturated rings. The topological polar surface area (TPSA) is 0 Å². The van der Waals surface area contributed by atoms with Crippen LogP contribution in [0.25, 0.3) is 33.4 Å². The van der Waals surface area contributed by atoms with Crippen LogP contribution in [0.2, 0.25) is 0 Å². The number of aryl methyl sites for hydroxylation is 3. The molecule has 0 N–H and O–H groups in total. The molecule has 0 aliphatic rings. The van der Waals surface area contributed by atoms with Crippen molar-refractivity contribution in [3.05, 3.63) is 162 Å². The molecule has 6 rings (SSSR count). The Labute approximate surface area is 240 Å². The van der Waals surface area contributed by atoms with Crippen LogP contribution < -0.4 is 15.6 Å². The average Bonchev–Trinajstić information content (AvgIpc) is 2.99. The third kappa shape index (κ3) is 5.21. The number of benzene rings is 6. The molecular formula is C39H33Si.